The first kappa shape index (κ1) is 8.83. The lowest BCUT2D eigenvalue weighted by atomic mass is 9.93. The Balaban J connectivity index is 2.57. The third kappa shape index (κ3) is 1.27. The third-order valence-electron chi connectivity index (χ3n) is 2.35. The van der Waals surface area contributed by atoms with Gasteiger partial charge in [-0.15, -0.1) is 0 Å². The molecule has 2 rings (SSSR count). The zero-order valence-electron chi connectivity index (χ0n) is 8.24. The first-order chi connectivity index (χ1) is 6.63. The maximum atomic E-state index is 8.95. The van der Waals surface area contributed by atoms with Gasteiger partial charge in [-0.25, -0.2) is 0 Å². The van der Waals surface area contributed by atoms with Gasteiger partial charge in [-0.2, -0.15) is 5.26 Å². The van der Waals surface area contributed by atoms with E-state index in [4.69, 9.17) is 10.00 Å². The van der Waals surface area contributed by atoms with Crippen LogP contribution in [0.2, 0.25) is 0 Å². The molecule has 0 atom stereocenters. The van der Waals surface area contributed by atoms with Gasteiger partial charge in [-0.3, -0.25) is 0 Å². The molecule has 0 fully saturated rings. The summed E-state index contributed by atoms with van der Waals surface area (Å²) in [7, 11) is 0. The van der Waals surface area contributed by atoms with Crippen molar-refractivity contribution in [2.45, 2.75) is 19.4 Å². The molecule has 0 saturated heterocycles. The highest BCUT2D eigenvalue weighted by molar-refractivity contribution is 5.67. The van der Waals surface area contributed by atoms with Gasteiger partial charge in [0.25, 0.3) is 0 Å². The molecule has 0 radical (unpaired) electrons. The minimum atomic E-state index is -0.511. The van der Waals surface area contributed by atoms with Crippen LogP contribution in [0.25, 0.3) is 6.08 Å². The Hall–Kier alpha value is -1.75. The van der Waals surface area contributed by atoms with Gasteiger partial charge in [0.1, 0.15) is 11.4 Å². The molecule has 0 saturated carbocycles. The lowest BCUT2D eigenvalue weighted by Crippen LogP contribution is -2.32. The molecular weight excluding hydrogens is 174 g/mol. The number of rotatable bonds is 0. The van der Waals surface area contributed by atoms with Crippen LogP contribution in [0, 0.1) is 11.3 Å². The number of benzene rings is 1. The largest absolute Gasteiger partial charge is 0.482 e. The summed E-state index contributed by atoms with van der Waals surface area (Å²) in [6.07, 6.45) is 1.89. The highest BCUT2D eigenvalue weighted by Crippen LogP contribution is 2.34. The number of nitriles is 1. The summed E-state index contributed by atoms with van der Waals surface area (Å²) in [5, 5.41) is 8.95. The number of ether oxygens (including phenoxy) is 1. The molecule has 1 aromatic rings. The smallest absolute Gasteiger partial charge is 0.138 e. The Morgan fingerprint density at radius 3 is 2.71 bits per heavy atom. The summed E-state index contributed by atoms with van der Waals surface area (Å²) in [4.78, 5) is 0. The molecule has 0 aliphatic carbocycles. The number of nitrogens with zero attached hydrogens (tertiary/aromatic N) is 1. The van der Waals surface area contributed by atoms with Crippen molar-refractivity contribution in [3.63, 3.8) is 0 Å². The van der Waals surface area contributed by atoms with E-state index in [2.05, 4.69) is 6.07 Å². The fourth-order valence-electron chi connectivity index (χ4n) is 1.52. The van der Waals surface area contributed by atoms with Crippen molar-refractivity contribution in [1.29, 1.82) is 5.26 Å². The van der Waals surface area contributed by atoms with Crippen LogP contribution >= 0.6 is 0 Å². The van der Waals surface area contributed by atoms with Gasteiger partial charge in [0.15, 0.2) is 0 Å². The molecule has 1 aliphatic heterocycles. The molecule has 1 aromatic carbocycles. The van der Waals surface area contributed by atoms with Crippen molar-refractivity contribution < 1.29 is 4.74 Å². The molecule has 2 heteroatoms. The first-order valence-corrected chi connectivity index (χ1v) is 4.54. The van der Waals surface area contributed by atoms with Crippen molar-refractivity contribution in [3.05, 3.63) is 35.4 Å². The Morgan fingerprint density at radius 2 is 2.00 bits per heavy atom. The minimum Gasteiger partial charge on any atom is -0.482 e. The minimum absolute atomic E-state index is 0.511. The maximum Gasteiger partial charge on any atom is 0.138 e. The Kier molecular flexibility index (Phi) is 1.82. The summed E-state index contributed by atoms with van der Waals surface area (Å²) in [6, 6.07) is 9.90. The molecule has 0 amide bonds. The van der Waals surface area contributed by atoms with Crippen LogP contribution in [0.15, 0.2) is 29.8 Å². The zero-order chi connectivity index (χ0) is 10.2. The lowest BCUT2D eigenvalue weighted by Gasteiger charge is -2.30. The van der Waals surface area contributed by atoms with Crippen LogP contribution in [0.5, 0.6) is 5.75 Å². The zero-order valence-corrected chi connectivity index (χ0v) is 8.24. The van der Waals surface area contributed by atoms with Gasteiger partial charge in [0, 0.05) is 5.56 Å². The molecule has 2 nitrogen and oxygen atoms in total. The number of para-hydroxylation sites is 1. The highest BCUT2D eigenvalue weighted by atomic mass is 16.5. The summed E-state index contributed by atoms with van der Waals surface area (Å²) >= 11 is 0. The van der Waals surface area contributed by atoms with E-state index in [1.807, 2.05) is 44.2 Å². The molecule has 0 N–H and O–H groups in total. The first-order valence-electron chi connectivity index (χ1n) is 4.54. The molecule has 0 bridgehead atoms. The molecule has 1 aliphatic rings. The van der Waals surface area contributed by atoms with Gasteiger partial charge in [0.2, 0.25) is 0 Å². The van der Waals surface area contributed by atoms with Gasteiger partial charge in [-0.05, 0) is 26.0 Å². The van der Waals surface area contributed by atoms with E-state index < -0.39 is 5.60 Å². The van der Waals surface area contributed by atoms with E-state index in [9.17, 15) is 0 Å². The molecule has 70 valence electrons. The van der Waals surface area contributed by atoms with Crippen molar-refractivity contribution in [2.75, 3.05) is 0 Å². The van der Waals surface area contributed by atoms with Crippen LogP contribution in [0.1, 0.15) is 19.4 Å². The average Bonchev–Trinajstić information content (AvgIpc) is 2.15. The van der Waals surface area contributed by atoms with Gasteiger partial charge in [0.05, 0.1) is 11.6 Å². The van der Waals surface area contributed by atoms with Crippen LogP contribution in [0.3, 0.4) is 0 Å². The SMILES string of the molecule is CC1(C)Oc2ccccc2C=C1C#N. The highest BCUT2D eigenvalue weighted by Gasteiger charge is 2.29. The van der Waals surface area contributed by atoms with Crippen molar-refractivity contribution in [2.24, 2.45) is 0 Å². The summed E-state index contributed by atoms with van der Waals surface area (Å²) in [5.74, 6) is 0.844. The predicted molar refractivity (Wildman–Crippen MR) is 54.7 cm³/mol. The number of fused-ring (bicyclic) bond motifs is 1. The monoisotopic (exact) mass is 185 g/mol. The average molecular weight is 185 g/mol. The van der Waals surface area contributed by atoms with E-state index in [-0.39, 0.29) is 0 Å². The second-order valence-electron chi connectivity index (χ2n) is 3.82. The normalized spacial score (nSPS) is 17.4. The topological polar surface area (TPSA) is 33.0 Å². The van der Waals surface area contributed by atoms with Crippen molar-refractivity contribution in [1.82, 2.24) is 0 Å². The van der Waals surface area contributed by atoms with E-state index in [0.29, 0.717) is 5.57 Å². The van der Waals surface area contributed by atoms with Gasteiger partial charge in [-0.1, -0.05) is 18.2 Å². The molecule has 0 spiro atoms. The summed E-state index contributed by atoms with van der Waals surface area (Å²) in [6.45, 7) is 3.80. The molecule has 1 heterocycles. The van der Waals surface area contributed by atoms with E-state index in [1.165, 1.54) is 0 Å². The molecule has 0 aromatic heterocycles. The third-order valence-corrected chi connectivity index (χ3v) is 2.35. The maximum absolute atomic E-state index is 8.95. The fourth-order valence-corrected chi connectivity index (χ4v) is 1.52. The standard InChI is InChI=1S/C12H11NO/c1-12(2)10(8-13)7-9-5-3-4-6-11(9)14-12/h3-7H,1-2H3. The van der Waals surface area contributed by atoms with Gasteiger partial charge < -0.3 is 4.74 Å². The fraction of sp³-hybridized carbons (Fsp3) is 0.250. The second-order valence-corrected chi connectivity index (χ2v) is 3.82. The van der Waals surface area contributed by atoms with Crippen molar-refractivity contribution in [3.8, 4) is 11.8 Å². The second kappa shape index (κ2) is 2.88. The van der Waals surface area contributed by atoms with Crippen LogP contribution in [-0.4, -0.2) is 5.60 Å². The van der Waals surface area contributed by atoms with E-state index in [0.717, 1.165) is 11.3 Å². The molecule has 0 unspecified atom stereocenters. The summed E-state index contributed by atoms with van der Waals surface area (Å²) in [5.41, 5.74) is 1.13. The van der Waals surface area contributed by atoms with E-state index >= 15 is 0 Å². The lowest BCUT2D eigenvalue weighted by molar-refractivity contribution is 0.150. The Labute approximate surface area is 83.4 Å². The number of hydrogen-bond donors (Lipinski definition) is 0. The number of hydrogen-bond acceptors (Lipinski definition) is 2. The van der Waals surface area contributed by atoms with Gasteiger partial charge >= 0.3 is 0 Å². The van der Waals surface area contributed by atoms with Crippen LogP contribution in [-0.2, 0) is 0 Å². The predicted octanol–water partition coefficient (Wildman–Crippen LogP) is 2.76. The van der Waals surface area contributed by atoms with Crippen LogP contribution in [0.4, 0.5) is 0 Å². The molecular formula is C12H11NO. The van der Waals surface area contributed by atoms with E-state index in [1.54, 1.807) is 0 Å². The quantitative estimate of drug-likeness (QED) is 0.622. The van der Waals surface area contributed by atoms with Crippen molar-refractivity contribution >= 4 is 6.08 Å². The Bertz CT molecular complexity index is 438. The Morgan fingerprint density at radius 1 is 1.29 bits per heavy atom. The van der Waals surface area contributed by atoms with Crippen LogP contribution < -0.4 is 4.74 Å². The summed E-state index contributed by atoms with van der Waals surface area (Å²) < 4.78 is 5.73. The molecule has 14 heavy (non-hydrogen) atoms.